The Bertz CT molecular complexity index is 713. The zero-order valence-corrected chi connectivity index (χ0v) is 15.9. The highest BCUT2D eigenvalue weighted by Gasteiger charge is 2.39. The molecule has 168 valence electrons. The Morgan fingerprint density at radius 2 is 1.67 bits per heavy atom. The molecule has 1 rings (SSSR count). The first-order valence-corrected chi connectivity index (χ1v) is 8.98. The summed E-state index contributed by atoms with van der Waals surface area (Å²) in [7, 11) is 0. The average molecular weight is 431 g/mol. The topological polar surface area (TPSA) is 242 Å². The van der Waals surface area contributed by atoms with Crippen molar-refractivity contribution in [3.63, 3.8) is 0 Å². The second-order valence-electron chi connectivity index (χ2n) is 6.71. The van der Waals surface area contributed by atoms with Crippen molar-refractivity contribution in [2.24, 2.45) is 11.5 Å². The molecule has 1 heterocycles. The van der Waals surface area contributed by atoms with Crippen molar-refractivity contribution in [1.82, 2.24) is 15.5 Å². The van der Waals surface area contributed by atoms with Crippen LogP contribution in [0.4, 0.5) is 0 Å². The minimum atomic E-state index is -1.70. The summed E-state index contributed by atoms with van der Waals surface area (Å²) in [4.78, 5) is 71.5. The molecule has 14 heteroatoms. The van der Waals surface area contributed by atoms with Crippen LogP contribution < -0.4 is 22.1 Å². The van der Waals surface area contributed by atoms with Gasteiger partial charge >= 0.3 is 11.9 Å². The summed E-state index contributed by atoms with van der Waals surface area (Å²) in [5.41, 5.74) is 10.5. The van der Waals surface area contributed by atoms with Crippen LogP contribution in [0.3, 0.4) is 0 Å². The largest absolute Gasteiger partial charge is 0.481 e. The van der Waals surface area contributed by atoms with Gasteiger partial charge in [0.05, 0.1) is 19.4 Å². The van der Waals surface area contributed by atoms with Crippen molar-refractivity contribution in [2.45, 2.75) is 49.9 Å². The number of aliphatic hydroxyl groups excluding tert-OH is 1. The molecule has 0 aromatic heterocycles. The second kappa shape index (κ2) is 11.1. The van der Waals surface area contributed by atoms with Gasteiger partial charge in [-0.1, -0.05) is 0 Å². The number of nitrogens with zero attached hydrogens (tertiary/aromatic N) is 1. The molecule has 1 fully saturated rings. The van der Waals surface area contributed by atoms with Crippen molar-refractivity contribution < 1.29 is 44.1 Å². The summed E-state index contributed by atoms with van der Waals surface area (Å²) < 4.78 is 0. The number of amides is 4. The van der Waals surface area contributed by atoms with Crippen molar-refractivity contribution in [1.29, 1.82) is 0 Å². The normalized spacial score (nSPS) is 18.7. The first kappa shape index (κ1) is 24.8. The van der Waals surface area contributed by atoms with Crippen molar-refractivity contribution in [3.05, 3.63) is 0 Å². The lowest BCUT2D eigenvalue weighted by atomic mass is 10.1. The van der Waals surface area contributed by atoms with Crippen LogP contribution in [0.2, 0.25) is 0 Å². The number of hydrogen-bond acceptors (Lipinski definition) is 8. The number of carboxylic acid groups (broad SMARTS) is 2. The lowest BCUT2D eigenvalue weighted by Gasteiger charge is -2.29. The first-order chi connectivity index (χ1) is 14.0. The van der Waals surface area contributed by atoms with Crippen LogP contribution in [-0.2, 0) is 28.8 Å². The highest BCUT2D eigenvalue weighted by atomic mass is 16.4. The molecule has 1 aliphatic rings. The summed E-state index contributed by atoms with van der Waals surface area (Å²) in [5.74, 6) is -6.53. The highest BCUT2D eigenvalue weighted by Crippen LogP contribution is 2.19. The van der Waals surface area contributed by atoms with Gasteiger partial charge in [0.15, 0.2) is 0 Å². The molecule has 1 aliphatic heterocycles. The fraction of sp³-hybridized carbons (Fsp3) is 0.625. The van der Waals surface area contributed by atoms with E-state index in [9.17, 15) is 28.8 Å². The van der Waals surface area contributed by atoms with E-state index in [2.05, 4.69) is 10.6 Å². The molecule has 0 bridgehead atoms. The van der Waals surface area contributed by atoms with Crippen molar-refractivity contribution in [2.75, 3.05) is 13.2 Å². The zero-order chi connectivity index (χ0) is 23.0. The summed E-state index contributed by atoms with van der Waals surface area (Å²) >= 11 is 0. The van der Waals surface area contributed by atoms with Crippen LogP contribution in [-0.4, -0.2) is 93.1 Å². The van der Waals surface area contributed by atoms with Gasteiger partial charge < -0.3 is 42.3 Å². The van der Waals surface area contributed by atoms with Gasteiger partial charge in [0.2, 0.25) is 23.6 Å². The van der Waals surface area contributed by atoms with Crippen LogP contribution in [0, 0.1) is 0 Å². The Hall–Kier alpha value is -3.26. The van der Waals surface area contributed by atoms with Gasteiger partial charge in [-0.25, -0.2) is 4.79 Å². The lowest BCUT2D eigenvalue weighted by Crippen LogP contribution is -2.57. The maximum Gasteiger partial charge on any atom is 0.326 e. The molecule has 4 atom stereocenters. The van der Waals surface area contributed by atoms with Crippen LogP contribution >= 0.6 is 0 Å². The number of primary amides is 1. The molecular weight excluding hydrogens is 406 g/mol. The summed E-state index contributed by atoms with van der Waals surface area (Å²) in [6.45, 7) is -0.636. The molecule has 4 unspecified atom stereocenters. The third kappa shape index (κ3) is 6.97. The minimum absolute atomic E-state index is 0.0742. The van der Waals surface area contributed by atoms with Crippen LogP contribution in [0.15, 0.2) is 0 Å². The Balaban J connectivity index is 2.96. The number of nitrogens with two attached hydrogens (primary N) is 2. The first-order valence-electron chi connectivity index (χ1n) is 8.98. The predicted molar refractivity (Wildman–Crippen MR) is 97.4 cm³/mol. The summed E-state index contributed by atoms with van der Waals surface area (Å²) in [6.07, 6.45) is -0.927. The number of aliphatic carboxylic acids is 2. The van der Waals surface area contributed by atoms with Gasteiger partial charge in [0.1, 0.15) is 24.2 Å². The maximum atomic E-state index is 12.8. The fourth-order valence-corrected chi connectivity index (χ4v) is 2.91. The molecule has 0 aromatic rings. The molecule has 30 heavy (non-hydrogen) atoms. The molecule has 0 radical (unpaired) electrons. The number of carboxylic acids is 2. The van der Waals surface area contributed by atoms with Gasteiger partial charge in [-0.2, -0.15) is 0 Å². The monoisotopic (exact) mass is 431 g/mol. The summed E-state index contributed by atoms with van der Waals surface area (Å²) in [6, 6.07) is -5.63. The zero-order valence-electron chi connectivity index (χ0n) is 15.9. The number of carbonyl (C=O) groups is 6. The molecule has 4 amide bonds. The Morgan fingerprint density at radius 3 is 2.17 bits per heavy atom. The van der Waals surface area contributed by atoms with E-state index in [0.29, 0.717) is 6.42 Å². The van der Waals surface area contributed by atoms with E-state index >= 15 is 0 Å². The molecule has 9 N–H and O–H groups in total. The van der Waals surface area contributed by atoms with Gasteiger partial charge in [0.25, 0.3) is 0 Å². The van der Waals surface area contributed by atoms with Crippen LogP contribution in [0.25, 0.3) is 0 Å². The molecule has 0 aromatic carbocycles. The van der Waals surface area contributed by atoms with Crippen molar-refractivity contribution >= 4 is 35.6 Å². The standard InChI is InChI=1S/C16H25N5O9/c17-7(6-22)13(26)19-8(4-11(18)23)15(28)21-3-1-2-10(21)14(27)20-9(16(29)30)5-12(24)25/h7-10,22H,1-6,17H2,(H2,18,23)(H,19,26)(H,20,27)(H,24,25)(H,29,30). The molecule has 0 saturated carbocycles. The van der Waals surface area contributed by atoms with E-state index in [1.165, 1.54) is 0 Å². The predicted octanol–water partition coefficient (Wildman–Crippen LogP) is -4.30. The van der Waals surface area contributed by atoms with E-state index in [-0.39, 0.29) is 13.0 Å². The Morgan fingerprint density at radius 1 is 1.03 bits per heavy atom. The Kier molecular flexibility index (Phi) is 9.14. The van der Waals surface area contributed by atoms with E-state index in [0.717, 1.165) is 4.90 Å². The van der Waals surface area contributed by atoms with Crippen LogP contribution in [0.5, 0.6) is 0 Å². The number of rotatable bonds is 11. The second-order valence-corrected chi connectivity index (χ2v) is 6.71. The third-order valence-corrected chi connectivity index (χ3v) is 4.39. The van der Waals surface area contributed by atoms with Gasteiger partial charge in [-0.15, -0.1) is 0 Å². The molecule has 0 spiro atoms. The van der Waals surface area contributed by atoms with Crippen molar-refractivity contribution in [3.8, 4) is 0 Å². The Labute approximate surface area is 170 Å². The number of carbonyl (C=O) groups excluding carboxylic acids is 4. The fourth-order valence-electron chi connectivity index (χ4n) is 2.91. The van der Waals surface area contributed by atoms with E-state index in [4.69, 9.17) is 26.8 Å². The summed E-state index contributed by atoms with van der Waals surface area (Å²) in [5, 5.41) is 31.0. The maximum absolute atomic E-state index is 12.8. The number of nitrogens with one attached hydrogen (secondary N) is 2. The molecule has 14 nitrogen and oxygen atoms in total. The van der Waals surface area contributed by atoms with Gasteiger partial charge in [-0.05, 0) is 12.8 Å². The van der Waals surface area contributed by atoms with Crippen LogP contribution in [0.1, 0.15) is 25.7 Å². The minimum Gasteiger partial charge on any atom is -0.481 e. The number of aliphatic hydroxyl groups is 1. The third-order valence-electron chi connectivity index (χ3n) is 4.39. The van der Waals surface area contributed by atoms with E-state index in [1.54, 1.807) is 0 Å². The van der Waals surface area contributed by atoms with E-state index < -0.39 is 79.2 Å². The molecule has 0 aliphatic carbocycles. The molecule has 1 saturated heterocycles. The van der Waals surface area contributed by atoms with Gasteiger partial charge in [0, 0.05) is 6.54 Å². The molecular formula is C16H25N5O9. The SMILES string of the molecule is NC(=O)CC(NC(=O)C(N)CO)C(=O)N1CCCC1C(=O)NC(CC(=O)O)C(=O)O. The smallest absolute Gasteiger partial charge is 0.326 e. The average Bonchev–Trinajstić information content (AvgIpc) is 3.14. The number of hydrogen-bond donors (Lipinski definition) is 7. The lowest BCUT2D eigenvalue weighted by molar-refractivity contribution is -0.148. The van der Waals surface area contributed by atoms with E-state index in [1.807, 2.05) is 0 Å². The number of likely N-dealkylation sites (tertiary alicyclic amines) is 1. The van der Waals surface area contributed by atoms with Gasteiger partial charge in [-0.3, -0.25) is 24.0 Å². The quantitative estimate of drug-likeness (QED) is 0.166. The highest BCUT2D eigenvalue weighted by molar-refractivity contribution is 5.96.